The summed E-state index contributed by atoms with van der Waals surface area (Å²) in [7, 11) is 0. The molecule has 0 bridgehead atoms. The van der Waals surface area contributed by atoms with Crippen LogP contribution in [-0.4, -0.2) is 45.2 Å². The van der Waals surface area contributed by atoms with Crippen molar-refractivity contribution >= 4 is 17.5 Å². The molecule has 4 rings (SSSR count). The molecule has 0 spiro atoms. The standard InChI is InChI=1S/C13H9N9O/c23-12(20-10-2-4-16-13-17-7-19-22(10)13)9-1-3-15-11(5-9)21-8-14-6-18-21/h1-8H,(H,20,23). The first kappa shape index (κ1) is 13.0. The lowest BCUT2D eigenvalue weighted by molar-refractivity contribution is 0.102. The minimum absolute atomic E-state index is 0.309. The maximum Gasteiger partial charge on any atom is 0.257 e. The van der Waals surface area contributed by atoms with Crippen molar-refractivity contribution in [2.75, 3.05) is 5.32 Å². The van der Waals surface area contributed by atoms with Crippen LogP contribution in [0.15, 0.2) is 49.6 Å². The number of amides is 1. The summed E-state index contributed by atoms with van der Waals surface area (Å²) in [5, 5.41) is 10.8. The highest BCUT2D eigenvalue weighted by Crippen LogP contribution is 2.11. The zero-order valence-electron chi connectivity index (χ0n) is 11.6. The van der Waals surface area contributed by atoms with Crippen LogP contribution in [0.1, 0.15) is 10.4 Å². The van der Waals surface area contributed by atoms with Crippen LogP contribution in [0.5, 0.6) is 0 Å². The highest BCUT2D eigenvalue weighted by Gasteiger charge is 2.11. The minimum atomic E-state index is -0.309. The molecule has 10 heteroatoms. The maximum atomic E-state index is 12.4. The quantitative estimate of drug-likeness (QED) is 0.580. The number of hydrogen-bond donors (Lipinski definition) is 1. The molecule has 10 nitrogen and oxygen atoms in total. The van der Waals surface area contributed by atoms with Crippen molar-refractivity contribution in [1.29, 1.82) is 0 Å². The lowest BCUT2D eigenvalue weighted by Gasteiger charge is -2.07. The van der Waals surface area contributed by atoms with Gasteiger partial charge in [0.15, 0.2) is 5.82 Å². The molecule has 23 heavy (non-hydrogen) atoms. The fraction of sp³-hybridized carbons (Fsp3) is 0. The van der Waals surface area contributed by atoms with Crippen LogP contribution in [0.3, 0.4) is 0 Å². The lowest BCUT2D eigenvalue weighted by atomic mass is 10.2. The third-order valence-electron chi connectivity index (χ3n) is 3.08. The Balaban J connectivity index is 1.65. The molecule has 112 valence electrons. The Bertz CT molecular complexity index is 976. The number of anilines is 1. The predicted octanol–water partition coefficient (Wildman–Crippen LogP) is 0.352. The van der Waals surface area contributed by atoms with Gasteiger partial charge in [-0.25, -0.2) is 19.6 Å². The number of rotatable bonds is 3. The first-order valence-electron chi connectivity index (χ1n) is 6.58. The smallest absolute Gasteiger partial charge is 0.257 e. The number of hydrogen-bond acceptors (Lipinski definition) is 7. The van der Waals surface area contributed by atoms with Crippen LogP contribution >= 0.6 is 0 Å². The van der Waals surface area contributed by atoms with Crippen LogP contribution in [0.25, 0.3) is 11.6 Å². The van der Waals surface area contributed by atoms with E-state index in [4.69, 9.17) is 0 Å². The van der Waals surface area contributed by atoms with E-state index in [-0.39, 0.29) is 5.91 Å². The van der Waals surface area contributed by atoms with Gasteiger partial charge < -0.3 is 5.32 Å². The molecule has 0 aliphatic carbocycles. The number of pyridine rings is 1. The molecule has 0 unspecified atom stereocenters. The third kappa shape index (κ3) is 2.37. The van der Waals surface area contributed by atoms with Gasteiger partial charge in [0.25, 0.3) is 11.7 Å². The van der Waals surface area contributed by atoms with E-state index in [1.807, 2.05) is 0 Å². The summed E-state index contributed by atoms with van der Waals surface area (Å²) < 4.78 is 2.91. The van der Waals surface area contributed by atoms with Gasteiger partial charge in [-0.3, -0.25) is 4.79 Å². The Morgan fingerprint density at radius 3 is 2.83 bits per heavy atom. The number of carbonyl (C=O) groups excluding carboxylic acids is 1. The van der Waals surface area contributed by atoms with Crippen LogP contribution in [0.4, 0.5) is 5.82 Å². The average Bonchev–Trinajstić information content (AvgIpc) is 3.27. The van der Waals surface area contributed by atoms with Gasteiger partial charge in [-0.05, 0) is 18.2 Å². The highest BCUT2D eigenvalue weighted by atomic mass is 16.1. The molecule has 0 saturated heterocycles. The molecule has 0 fully saturated rings. The van der Waals surface area contributed by atoms with Gasteiger partial charge in [0.1, 0.15) is 24.8 Å². The molecule has 0 aromatic carbocycles. The SMILES string of the molecule is O=C(Nc1ccnc2ncnn12)c1ccnc(-n2cncn2)c1. The summed E-state index contributed by atoms with van der Waals surface area (Å²) in [6, 6.07) is 4.86. The molecule has 1 amide bonds. The van der Waals surface area contributed by atoms with Gasteiger partial charge in [-0.1, -0.05) is 0 Å². The second-order valence-electron chi connectivity index (χ2n) is 4.50. The zero-order valence-corrected chi connectivity index (χ0v) is 11.6. The monoisotopic (exact) mass is 307 g/mol. The fourth-order valence-corrected chi connectivity index (χ4v) is 2.03. The molecule has 0 aliphatic heterocycles. The van der Waals surface area contributed by atoms with Crippen LogP contribution < -0.4 is 5.32 Å². The van der Waals surface area contributed by atoms with Crippen molar-refractivity contribution in [3.8, 4) is 5.82 Å². The summed E-state index contributed by atoms with van der Waals surface area (Å²) in [5.41, 5.74) is 0.426. The van der Waals surface area contributed by atoms with Crippen LogP contribution in [0, 0.1) is 0 Å². The number of nitrogens with zero attached hydrogens (tertiary/aromatic N) is 8. The molecule has 1 N–H and O–H groups in total. The molecule has 0 radical (unpaired) electrons. The molecule has 4 aromatic rings. The Labute approximate surface area is 128 Å². The second-order valence-corrected chi connectivity index (χ2v) is 4.50. The van der Waals surface area contributed by atoms with Crippen LogP contribution in [-0.2, 0) is 0 Å². The summed E-state index contributed by atoms with van der Waals surface area (Å²) in [4.78, 5) is 28.5. The Hall–Kier alpha value is -3.69. The molecular formula is C13H9N9O. The Morgan fingerprint density at radius 1 is 1.04 bits per heavy atom. The van der Waals surface area contributed by atoms with E-state index >= 15 is 0 Å². The predicted molar refractivity (Wildman–Crippen MR) is 77.9 cm³/mol. The van der Waals surface area contributed by atoms with Gasteiger partial charge >= 0.3 is 0 Å². The van der Waals surface area contributed by atoms with Crippen molar-refractivity contribution in [2.24, 2.45) is 0 Å². The first-order chi connectivity index (χ1) is 11.3. The molecule has 4 heterocycles. The third-order valence-corrected chi connectivity index (χ3v) is 3.08. The van der Waals surface area contributed by atoms with Gasteiger partial charge in [0.2, 0.25) is 0 Å². The number of nitrogens with one attached hydrogen (secondary N) is 1. The van der Waals surface area contributed by atoms with Crippen molar-refractivity contribution in [3.63, 3.8) is 0 Å². The van der Waals surface area contributed by atoms with E-state index in [0.29, 0.717) is 23.0 Å². The molecular weight excluding hydrogens is 298 g/mol. The van der Waals surface area contributed by atoms with Gasteiger partial charge in [-0.2, -0.15) is 19.7 Å². The van der Waals surface area contributed by atoms with E-state index in [0.717, 1.165) is 0 Å². The van der Waals surface area contributed by atoms with Gasteiger partial charge in [0.05, 0.1) is 0 Å². The second kappa shape index (κ2) is 5.26. The van der Waals surface area contributed by atoms with E-state index in [1.165, 1.54) is 34.4 Å². The van der Waals surface area contributed by atoms with Crippen LogP contribution in [0.2, 0.25) is 0 Å². The summed E-state index contributed by atoms with van der Waals surface area (Å²) in [6.07, 6.45) is 7.35. The maximum absolute atomic E-state index is 12.4. The summed E-state index contributed by atoms with van der Waals surface area (Å²) in [6.45, 7) is 0. The van der Waals surface area contributed by atoms with Gasteiger partial charge in [0, 0.05) is 18.0 Å². The Morgan fingerprint density at radius 2 is 1.96 bits per heavy atom. The molecule has 0 atom stereocenters. The van der Waals surface area contributed by atoms with Crippen molar-refractivity contribution in [2.45, 2.75) is 0 Å². The fourth-order valence-electron chi connectivity index (χ4n) is 2.03. The molecule has 0 saturated carbocycles. The number of fused-ring (bicyclic) bond motifs is 1. The molecule has 4 aromatic heterocycles. The van der Waals surface area contributed by atoms with Crippen molar-refractivity contribution in [1.82, 2.24) is 39.3 Å². The summed E-state index contributed by atoms with van der Waals surface area (Å²) in [5.74, 6) is 1.06. The summed E-state index contributed by atoms with van der Waals surface area (Å²) >= 11 is 0. The zero-order chi connectivity index (χ0) is 15.6. The lowest BCUT2D eigenvalue weighted by Crippen LogP contribution is -2.15. The molecule has 0 aliphatic rings. The van der Waals surface area contributed by atoms with E-state index in [2.05, 4.69) is 35.5 Å². The Kier molecular flexibility index (Phi) is 2.97. The van der Waals surface area contributed by atoms with E-state index in [9.17, 15) is 4.79 Å². The normalized spacial score (nSPS) is 10.8. The number of aromatic nitrogens is 8. The van der Waals surface area contributed by atoms with E-state index < -0.39 is 0 Å². The largest absolute Gasteiger partial charge is 0.306 e. The minimum Gasteiger partial charge on any atom is -0.306 e. The number of carbonyl (C=O) groups is 1. The van der Waals surface area contributed by atoms with Crippen molar-refractivity contribution < 1.29 is 4.79 Å². The average molecular weight is 307 g/mol. The van der Waals surface area contributed by atoms with Crippen molar-refractivity contribution in [3.05, 3.63) is 55.1 Å². The highest BCUT2D eigenvalue weighted by molar-refractivity contribution is 6.04. The first-order valence-corrected chi connectivity index (χ1v) is 6.58. The van der Waals surface area contributed by atoms with E-state index in [1.54, 1.807) is 24.4 Å². The van der Waals surface area contributed by atoms with Gasteiger partial charge in [-0.15, -0.1) is 0 Å². The topological polar surface area (TPSA) is 116 Å².